The summed E-state index contributed by atoms with van der Waals surface area (Å²) < 4.78 is 44.5. The van der Waals surface area contributed by atoms with Crippen LogP contribution in [0.1, 0.15) is 37.0 Å². The highest BCUT2D eigenvalue weighted by molar-refractivity contribution is 5.47. The smallest absolute Gasteiger partial charge is 0.204 e. The zero-order valence-electron chi connectivity index (χ0n) is 15.4. The van der Waals surface area contributed by atoms with Crippen molar-refractivity contribution >= 4 is 6.08 Å². The van der Waals surface area contributed by atoms with E-state index in [1.807, 2.05) is 18.2 Å². The molecule has 2 aromatic rings. The molecule has 0 radical (unpaired) electrons. The summed E-state index contributed by atoms with van der Waals surface area (Å²) in [4.78, 5) is 0. The highest BCUT2D eigenvalue weighted by Crippen LogP contribution is 2.32. The fourth-order valence-corrected chi connectivity index (χ4v) is 3.15. The third-order valence-electron chi connectivity index (χ3n) is 4.70. The highest BCUT2D eigenvalue weighted by atomic mass is 19.2. The first-order chi connectivity index (χ1) is 13.1. The molecule has 0 N–H and O–H groups in total. The van der Waals surface area contributed by atoms with Crippen molar-refractivity contribution in [3.05, 3.63) is 65.7 Å². The summed E-state index contributed by atoms with van der Waals surface area (Å²) in [5.74, 6) is -2.09. The molecule has 0 spiro atoms. The molecule has 0 amide bonds. The summed E-state index contributed by atoms with van der Waals surface area (Å²) in [6.45, 7) is 6.54. The summed E-state index contributed by atoms with van der Waals surface area (Å²) in [5.41, 5.74) is 2.21. The normalized spacial score (nSPS) is 19.5. The molecule has 2 unspecified atom stereocenters. The van der Waals surface area contributed by atoms with Crippen LogP contribution in [0, 0.1) is 17.6 Å². The third-order valence-corrected chi connectivity index (χ3v) is 4.70. The molecule has 144 valence electrons. The Morgan fingerprint density at radius 2 is 1.70 bits per heavy atom. The van der Waals surface area contributed by atoms with Gasteiger partial charge in [0.15, 0.2) is 11.5 Å². The maximum absolute atomic E-state index is 14.1. The lowest BCUT2D eigenvalue weighted by molar-refractivity contribution is -0.0289. The Labute approximate surface area is 158 Å². The molecular weight excluding hydrogens is 350 g/mol. The summed E-state index contributed by atoms with van der Waals surface area (Å²) >= 11 is 0. The Hall–Kier alpha value is -2.40. The lowest BCUT2D eigenvalue weighted by Gasteiger charge is -2.29. The molecule has 0 saturated carbocycles. The molecule has 1 fully saturated rings. The first-order valence-electron chi connectivity index (χ1n) is 9.20. The lowest BCUT2D eigenvalue weighted by Crippen LogP contribution is -2.25. The summed E-state index contributed by atoms with van der Waals surface area (Å²) in [6.07, 6.45) is 3.62. The van der Waals surface area contributed by atoms with E-state index in [4.69, 9.17) is 14.2 Å². The average Bonchev–Trinajstić information content (AvgIpc) is 2.71. The minimum absolute atomic E-state index is 0.0553. The van der Waals surface area contributed by atoms with Crippen molar-refractivity contribution in [1.82, 2.24) is 0 Å². The van der Waals surface area contributed by atoms with Crippen molar-refractivity contribution < 1.29 is 23.0 Å². The van der Waals surface area contributed by atoms with Gasteiger partial charge in [0.25, 0.3) is 0 Å². The predicted octanol–water partition coefficient (Wildman–Crippen LogP) is 5.55. The van der Waals surface area contributed by atoms with E-state index in [0.717, 1.165) is 24.0 Å². The maximum Gasteiger partial charge on any atom is 0.204 e. The van der Waals surface area contributed by atoms with Crippen LogP contribution in [0.4, 0.5) is 8.78 Å². The highest BCUT2D eigenvalue weighted by Gasteiger charge is 2.24. The second kappa shape index (κ2) is 9.00. The Morgan fingerprint density at radius 3 is 2.26 bits per heavy atom. The monoisotopic (exact) mass is 374 g/mol. The van der Waals surface area contributed by atoms with E-state index in [1.54, 1.807) is 6.92 Å². The van der Waals surface area contributed by atoms with Gasteiger partial charge >= 0.3 is 0 Å². The molecule has 1 aliphatic rings. The minimum Gasteiger partial charge on any atom is -0.491 e. The number of benzene rings is 2. The molecule has 1 heterocycles. The van der Waals surface area contributed by atoms with Crippen LogP contribution in [0.5, 0.6) is 11.5 Å². The van der Waals surface area contributed by atoms with Crippen LogP contribution in [0.15, 0.2) is 43.0 Å². The van der Waals surface area contributed by atoms with E-state index in [2.05, 4.69) is 18.7 Å². The van der Waals surface area contributed by atoms with E-state index in [0.29, 0.717) is 6.61 Å². The van der Waals surface area contributed by atoms with Gasteiger partial charge in [0, 0.05) is 5.92 Å². The van der Waals surface area contributed by atoms with Gasteiger partial charge in [0.05, 0.1) is 25.9 Å². The van der Waals surface area contributed by atoms with Crippen LogP contribution >= 0.6 is 0 Å². The van der Waals surface area contributed by atoms with Crippen LogP contribution in [0.3, 0.4) is 0 Å². The number of hydrogen-bond acceptors (Lipinski definition) is 3. The molecule has 3 nitrogen and oxygen atoms in total. The number of hydrogen-bond donors (Lipinski definition) is 0. The lowest BCUT2D eigenvalue weighted by atomic mass is 9.95. The van der Waals surface area contributed by atoms with E-state index >= 15 is 0 Å². The molecule has 1 saturated heterocycles. The van der Waals surface area contributed by atoms with Crippen molar-refractivity contribution in [2.75, 3.05) is 19.8 Å². The van der Waals surface area contributed by atoms with Gasteiger partial charge in [-0.25, -0.2) is 0 Å². The van der Waals surface area contributed by atoms with E-state index in [1.165, 1.54) is 12.1 Å². The van der Waals surface area contributed by atoms with Gasteiger partial charge in [-0.05, 0) is 43.0 Å². The number of rotatable bonds is 7. The van der Waals surface area contributed by atoms with Crippen LogP contribution in [-0.2, 0) is 4.74 Å². The van der Waals surface area contributed by atoms with Crippen LogP contribution in [0.2, 0.25) is 0 Å². The van der Waals surface area contributed by atoms with Crippen molar-refractivity contribution in [1.29, 1.82) is 0 Å². The molecule has 0 bridgehead atoms. The van der Waals surface area contributed by atoms with E-state index in [9.17, 15) is 8.78 Å². The zero-order valence-corrected chi connectivity index (χ0v) is 15.4. The van der Waals surface area contributed by atoms with Gasteiger partial charge in [-0.3, -0.25) is 0 Å². The quantitative estimate of drug-likeness (QED) is 0.636. The number of ether oxygens (including phenoxy) is 3. The van der Waals surface area contributed by atoms with Gasteiger partial charge in [-0.2, -0.15) is 8.78 Å². The van der Waals surface area contributed by atoms with Crippen molar-refractivity contribution in [2.24, 2.45) is 5.92 Å². The van der Waals surface area contributed by atoms with Gasteiger partial charge < -0.3 is 14.2 Å². The topological polar surface area (TPSA) is 27.7 Å². The molecule has 0 aromatic heterocycles. The average molecular weight is 374 g/mol. The van der Waals surface area contributed by atoms with Gasteiger partial charge in [-0.15, -0.1) is 0 Å². The van der Waals surface area contributed by atoms with Crippen LogP contribution in [0.25, 0.3) is 6.08 Å². The van der Waals surface area contributed by atoms with Crippen LogP contribution in [-0.4, -0.2) is 19.8 Å². The molecule has 27 heavy (non-hydrogen) atoms. The summed E-state index contributed by atoms with van der Waals surface area (Å²) in [5, 5.41) is 0. The zero-order chi connectivity index (χ0) is 19.2. The van der Waals surface area contributed by atoms with Gasteiger partial charge in [0.2, 0.25) is 11.6 Å². The van der Waals surface area contributed by atoms with Gasteiger partial charge in [-0.1, -0.05) is 36.9 Å². The Kier molecular flexibility index (Phi) is 6.45. The molecule has 0 aliphatic carbocycles. The first-order valence-corrected chi connectivity index (χ1v) is 9.20. The Balaban J connectivity index is 1.52. The molecule has 2 aromatic carbocycles. The van der Waals surface area contributed by atoms with E-state index < -0.39 is 11.6 Å². The molecule has 1 aliphatic heterocycles. The molecule has 3 rings (SSSR count). The second-order valence-electron chi connectivity index (χ2n) is 6.57. The standard InChI is InChI=1S/C22H24F2O3/c1-3-15-5-8-17(9-6-15)18-10-7-16(13-26-18)14-27-20-12-11-19(25-4-2)21(23)22(20)24/h3,5-6,8-9,11-12,16,18H,1,4,7,10,13-14H2,2H3. The molecule has 2 atom stereocenters. The van der Waals surface area contributed by atoms with Crippen LogP contribution < -0.4 is 9.47 Å². The minimum atomic E-state index is -1.02. The maximum atomic E-state index is 14.1. The number of halogens is 2. The molecular formula is C22H24F2O3. The SMILES string of the molecule is C=Cc1ccc(C2CCC(COc3ccc(OCC)c(F)c3F)CO2)cc1. The van der Waals surface area contributed by atoms with E-state index in [-0.39, 0.29) is 36.7 Å². The Bertz CT molecular complexity index is 766. The fourth-order valence-electron chi connectivity index (χ4n) is 3.15. The fraction of sp³-hybridized carbons (Fsp3) is 0.364. The molecule has 5 heteroatoms. The second-order valence-corrected chi connectivity index (χ2v) is 6.57. The third kappa shape index (κ3) is 4.66. The summed E-state index contributed by atoms with van der Waals surface area (Å²) in [7, 11) is 0. The predicted molar refractivity (Wildman–Crippen MR) is 101 cm³/mol. The van der Waals surface area contributed by atoms with Crippen molar-refractivity contribution in [3.63, 3.8) is 0 Å². The first kappa shape index (κ1) is 19.4. The summed E-state index contributed by atoms with van der Waals surface area (Å²) in [6, 6.07) is 10.9. The van der Waals surface area contributed by atoms with Crippen molar-refractivity contribution in [3.8, 4) is 11.5 Å². The largest absolute Gasteiger partial charge is 0.491 e. The van der Waals surface area contributed by atoms with Gasteiger partial charge in [0.1, 0.15) is 0 Å². The van der Waals surface area contributed by atoms with Crippen molar-refractivity contribution in [2.45, 2.75) is 25.9 Å². The Morgan fingerprint density at radius 1 is 1.04 bits per heavy atom.